The summed E-state index contributed by atoms with van der Waals surface area (Å²) >= 11 is 1.14. The lowest BCUT2D eigenvalue weighted by atomic mass is 11.0. The summed E-state index contributed by atoms with van der Waals surface area (Å²) in [4.78, 5) is 7.35. The number of halogens is 1. The zero-order chi connectivity index (χ0) is 6.69. The molecule has 0 aliphatic rings. The van der Waals surface area contributed by atoms with Crippen LogP contribution in [0.25, 0.3) is 0 Å². The van der Waals surface area contributed by atoms with Crippen molar-refractivity contribution < 1.29 is 0 Å². The van der Waals surface area contributed by atoms with Gasteiger partial charge in [0.1, 0.15) is 6.33 Å². The largest absolute Gasteiger partial charge is 0.370 e. The Bertz CT molecular complexity index is 203. The third-order valence-corrected chi connectivity index (χ3v) is 1.13. The third kappa shape index (κ3) is 2.60. The number of hydrogen-bond acceptors (Lipinski definition) is 4. The number of nitrogens with two attached hydrogens (primary N) is 2. The fourth-order valence-corrected chi connectivity index (χ4v) is 0.756. The highest BCUT2D eigenvalue weighted by molar-refractivity contribution is 7.09. The Labute approximate surface area is 67.7 Å². The Hall–Kier alpha value is -0.880. The van der Waals surface area contributed by atoms with Crippen molar-refractivity contribution in [1.82, 2.24) is 9.36 Å². The Morgan fingerprint density at radius 2 is 2.30 bits per heavy atom. The van der Waals surface area contributed by atoms with Crippen LogP contribution in [0.2, 0.25) is 0 Å². The first-order valence-corrected chi connectivity index (χ1v) is 2.92. The lowest BCUT2D eigenvalue weighted by Gasteiger charge is -1.83. The monoisotopic (exact) mass is 179 g/mol. The molecule has 1 aromatic heterocycles. The van der Waals surface area contributed by atoms with Gasteiger partial charge in [0, 0.05) is 11.5 Å². The second kappa shape index (κ2) is 4.02. The molecule has 0 atom stereocenters. The molecule has 0 aliphatic carbocycles. The molecule has 0 unspecified atom stereocenters. The number of hydrogen-bond donors (Lipinski definition) is 2. The molecule has 0 amide bonds. The van der Waals surface area contributed by atoms with Crippen LogP contribution in [0.5, 0.6) is 0 Å². The predicted molar refractivity (Wildman–Crippen MR) is 42.6 cm³/mol. The lowest BCUT2D eigenvalue weighted by Crippen LogP contribution is -2.21. The van der Waals surface area contributed by atoms with Gasteiger partial charge in [-0.3, -0.25) is 0 Å². The molecule has 7 heteroatoms. The highest BCUT2D eigenvalue weighted by atomic mass is 35.5. The Morgan fingerprint density at radius 1 is 1.60 bits per heavy atom. The zero-order valence-electron chi connectivity index (χ0n) is 4.89. The molecular formula is C3H6ClN5S. The Kier molecular flexibility index (Phi) is 3.67. The molecule has 0 saturated carbocycles. The van der Waals surface area contributed by atoms with Gasteiger partial charge >= 0.3 is 0 Å². The van der Waals surface area contributed by atoms with E-state index in [2.05, 4.69) is 14.3 Å². The van der Waals surface area contributed by atoms with E-state index in [0.717, 1.165) is 11.5 Å². The topological polar surface area (TPSA) is 90.2 Å². The molecule has 0 fully saturated rings. The van der Waals surface area contributed by atoms with Gasteiger partial charge in [-0.15, -0.1) is 12.4 Å². The van der Waals surface area contributed by atoms with Crippen LogP contribution >= 0.6 is 23.9 Å². The normalized spacial score (nSPS) is 8.00. The van der Waals surface area contributed by atoms with Crippen molar-refractivity contribution in [2.45, 2.75) is 0 Å². The van der Waals surface area contributed by atoms with E-state index in [1.54, 1.807) is 0 Å². The third-order valence-electron chi connectivity index (χ3n) is 0.574. The molecule has 0 bridgehead atoms. The van der Waals surface area contributed by atoms with E-state index in [9.17, 15) is 0 Å². The van der Waals surface area contributed by atoms with Gasteiger partial charge in [0.05, 0.1) is 0 Å². The number of guanidine groups is 1. The number of rotatable bonds is 1. The van der Waals surface area contributed by atoms with Gasteiger partial charge in [-0.05, 0) is 0 Å². The van der Waals surface area contributed by atoms with E-state index < -0.39 is 0 Å². The molecule has 4 N–H and O–H groups in total. The quantitative estimate of drug-likeness (QED) is 0.464. The molecule has 1 rings (SSSR count). The standard InChI is InChI=1S/C3H5N5S.ClH/c4-2(5)8-3-6-1-7-9-3;/h1H,(H4,4,5,6,7,8);1H. The maximum absolute atomic E-state index is 5.05. The van der Waals surface area contributed by atoms with Crippen LogP contribution in [0.3, 0.4) is 0 Å². The van der Waals surface area contributed by atoms with Crippen molar-refractivity contribution in [2.24, 2.45) is 16.5 Å². The molecule has 1 heterocycles. The van der Waals surface area contributed by atoms with Gasteiger partial charge in [0.25, 0.3) is 0 Å². The molecule has 1 aromatic rings. The summed E-state index contributed by atoms with van der Waals surface area (Å²) in [5, 5.41) is 0.481. The van der Waals surface area contributed by atoms with Gasteiger partial charge < -0.3 is 11.5 Å². The van der Waals surface area contributed by atoms with Gasteiger partial charge in [-0.1, -0.05) is 0 Å². The second-order valence-electron chi connectivity index (χ2n) is 1.26. The summed E-state index contributed by atoms with van der Waals surface area (Å²) in [6, 6.07) is 0. The number of aromatic nitrogens is 2. The molecule has 0 spiro atoms. The number of nitrogens with zero attached hydrogens (tertiary/aromatic N) is 3. The minimum Gasteiger partial charge on any atom is -0.370 e. The van der Waals surface area contributed by atoms with Crippen molar-refractivity contribution in [2.75, 3.05) is 0 Å². The minimum absolute atomic E-state index is 0. The van der Waals surface area contributed by atoms with Crippen molar-refractivity contribution >= 4 is 35.0 Å². The zero-order valence-corrected chi connectivity index (χ0v) is 6.52. The van der Waals surface area contributed by atoms with E-state index in [0.29, 0.717) is 5.13 Å². The molecule has 0 aromatic carbocycles. The summed E-state index contributed by atoms with van der Waals surface area (Å²) in [6.45, 7) is 0. The highest BCUT2D eigenvalue weighted by Crippen LogP contribution is 2.09. The fraction of sp³-hybridized carbons (Fsp3) is 0. The lowest BCUT2D eigenvalue weighted by molar-refractivity contribution is 1.29. The van der Waals surface area contributed by atoms with E-state index in [1.807, 2.05) is 0 Å². The van der Waals surface area contributed by atoms with E-state index in [4.69, 9.17) is 11.5 Å². The van der Waals surface area contributed by atoms with Gasteiger partial charge in [-0.25, -0.2) is 4.98 Å². The van der Waals surface area contributed by atoms with E-state index in [-0.39, 0.29) is 18.4 Å². The average Bonchev–Trinajstić information content (AvgIpc) is 2.15. The smallest absolute Gasteiger partial charge is 0.231 e. The molecule has 10 heavy (non-hydrogen) atoms. The molecular weight excluding hydrogens is 174 g/mol. The molecule has 56 valence electrons. The van der Waals surface area contributed by atoms with Crippen LogP contribution in [0, 0.1) is 0 Å². The SMILES string of the molecule is Cl.NC(N)=Nc1ncns1. The van der Waals surface area contributed by atoms with Gasteiger partial charge in [0.2, 0.25) is 5.13 Å². The fourth-order valence-electron chi connectivity index (χ4n) is 0.327. The van der Waals surface area contributed by atoms with E-state index >= 15 is 0 Å². The van der Waals surface area contributed by atoms with Crippen LogP contribution in [-0.2, 0) is 0 Å². The van der Waals surface area contributed by atoms with Crippen molar-refractivity contribution in [3.8, 4) is 0 Å². The van der Waals surface area contributed by atoms with E-state index in [1.165, 1.54) is 6.33 Å². The van der Waals surface area contributed by atoms with Crippen LogP contribution in [0.1, 0.15) is 0 Å². The van der Waals surface area contributed by atoms with Crippen molar-refractivity contribution in [3.63, 3.8) is 0 Å². The Balaban J connectivity index is 0.000000810. The summed E-state index contributed by atoms with van der Waals surface area (Å²) in [5.74, 6) is 0.00625. The van der Waals surface area contributed by atoms with Crippen LogP contribution < -0.4 is 11.5 Å². The maximum atomic E-state index is 5.05. The Morgan fingerprint density at radius 3 is 2.70 bits per heavy atom. The van der Waals surface area contributed by atoms with Crippen LogP contribution in [-0.4, -0.2) is 15.3 Å². The van der Waals surface area contributed by atoms with Gasteiger partial charge in [-0.2, -0.15) is 9.37 Å². The second-order valence-corrected chi connectivity index (χ2v) is 2.02. The minimum atomic E-state index is 0. The molecule has 5 nitrogen and oxygen atoms in total. The van der Waals surface area contributed by atoms with Crippen molar-refractivity contribution in [1.29, 1.82) is 0 Å². The maximum Gasteiger partial charge on any atom is 0.231 e. The summed E-state index contributed by atoms with van der Waals surface area (Å²) in [6.07, 6.45) is 1.40. The predicted octanol–water partition coefficient (Wildman–Crippen LogP) is -0.135. The van der Waals surface area contributed by atoms with Crippen LogP contribution in [0.15, 0.2) is 11.3 Å². The van der Waals surface area contributed by atoms with Gasteiger partial charge in [0.15, 0.2) is 5.96 Å². The first-order valence-electron chi connectivity index (χ1n) is 2.15. The number of aliphatic imine (C=N–C) groups is 1. The van der Waals surface area contributed by atoms with Crippen LogP contribution in [0.4, 0.5) is 5.13 Å². The first kappa shape index (κ1) is 9.12. The molecule has 0 radical (unpaired) electrons. The molecule has 0 saturated heterocycles. The summed E-state index contributed by atoms with van der Waals surface area (Å²) in [5.41, 5.74) is 10.1. The molecule has 0 aliphatic heterocycles. The average molecular weight is 180 g/mol. The van der Waals surface area contributed by atoms with Crippen molar-refractivity contribution in [3.05, 3.63) is 6.33 Å². The summed E-state index contributed by atoms with van der Waals surface area (Å²) in [7, 11) is 0. The first-order chi connectivity index (χ1) is 4.29. The highest BCUT2D eigenvalue weighted by Gasteiger charge is 1.89. The summed E-state index contributed by atoms with van der Waals surface area (Å²) < 4.78 is 3.69.